The predicted molar refractivity (Wildman–Crippen MR) is 135 cm³/mol. The highest BCUT2D eigenvalue weighted by Crippen LogP contribution is 2.51. The predicted octanol–water partition coefficient (Wildman–Crippen LogP) is 5.71. The third kappa shape index (κ3) is 4.89. The summed E-state index contributed by atoms with van der Waals surface area (Å²) >= 11 is 6.46. The van der Waals surface area contributed by atoms with E-state index in [-0.39, 0.29) is 36.9 Å². The molecule has 2 aliphatic heterocycles. The molecule has 5 rings (SSSR count). The number of carbonyl (C=O) groups excluding carboxylic acids is 1. The Morgan fingerprint density at radius 3 is 2.55 bits per heavy atom. The molecular formula is C29H27ClF2O6. The van der Waals surface area contributed by atoms with Gasteiger partial charge in [0.15, 0.2) is 23.0 Å². The maximum atomic E-state index is 14.7. The molecule has 0 amide bonds. The number of benzene rings is 3. The van der Waals surface area contributed by atoms with Crippen molar-refractivity contribution in [3.8, 4) is 5.75 Å². The molecule has 3 atom stereocenters. The molecule has 0 N–H and O–H groups in total. The number of esters is 1. The van der Waals surface area contributed by atoms with Crippen molar-refractivity contribution < 1.29 is 37.3 Å². The molecule has 38 heavy (non-hydrogen) atoms. The highest BCUT2D eigenvalue weighted by atomic mass is 35.5. The molecular weight excluding hydrogens is 518 g/mol. The number of halogens is 3. The average molecular weight is 545 g/mol. The van der Waals surface area contributed by atoms with Crippen LogP contribution in [0.15, 0.2) is 60.7 Å². The molecule has 2 heterocycles. The van der Waals surface area contributed by atoms with Gasteiger partial charge in [-0.3, -0.25) is 0 Å². The van der Waals surface area contributed by atoms with E-state index in [4.69, 9.17) is 35.3 Å². The van der Waals surface area contributed by atoms with Crippen LogP contribution in [-0.4, -0.2) is 38.5 Å². The summed E-state index contributed by atoms with van der Waals surface area (Å²) in [4.78, 5) is 12.8. The van der Waals surface area contributed by atoms with Crippen LogP contribution in [0.3, 0.4) is 0 Å². The monoisotopic (exact) mass is 544 g/mol. The first-order valence-electron chi connectivity index (χ1n) is 12.2. The van der Waals surface area contributed by atoms with Gasteiger partial charge in [-0.1, -0.05) is 54.1 Å². The maximum Gasteiger partial charge on any atom is 0.340 e. The van der Waals surface area contributed by atoms with Crippen molar-refractivity contribution in [2.24, 2.45) is 0 Å². The lowest BCUT2D eigenvalue weighted by Crippen LogP contribution is -2.51. The molecule has 0 aromatic heterocycles. The standard InChI is InChI=1S/C29H27ClF2O6/c1-34-24-11-8-19(25(31)26(24)32)12-20-13-21(9-10-23(20)30)29-15-22(36-16-18-6-4-3-5-7-18)14-28(38-29,17-37-29)27(33)35-2/h3-11,13,22H,12,14-17H2,1-2H3/t22-,28+,29+/m0/s1. The summed E-state index contributed by atoms with van der Waals surface area (Å²) in [7, 11) is 2.58. The fourth-order valence-corrected chi connectivity index (χ4v) is 5.29. The van der Waals surface area contributed by atoms with Gasteiger partial charge in [0.25, 0.3) is 0 Å². The number of ether oxygens (including phenoxy) is 5. The van der Waals surface area contributed by atoms with Crippen LogP contribution >= 0.6 is 11.6 Å². The molecule has 3 aromatic rings. The number of fused-ring (bicyclic) bond motifs is 2. The van der Waals surface area contributed by atoms with Crippen LogP contribution in [0.5, 0.6) is 5.75 Å². The van der Waals surface area contributed by atoms with Crippen LogP contribution in [0.1, 0.15) is 35.1 Å². The van der Waals surface area contributed by atoms with Gasteiger partial charge in [0, 0.05) is 29.8 Å². The first kappa shape index (κ1) is 26.6. The number of carbonyl (C=O) groups is 1. The first-order chi connectivity index (χ1) is 18.3. The van der Waals surface area contributed by atoms with Gasteiger partial charge in [0.1, 0.15) is 0 Å². The lowest BCUT2D eigenvalue weighted by molar-refractivity contribution is -0.252. The Morgan fingerprint density at radius 2 is 1.82 bits per heavy atom. The van der Waals surface area contributed by atoms with Crippen LogP contribution in [-0.2, 0) is 42.6 Å². The largest absolute Gasteiger partial charge is 0.494 e. The molecule has 0 saturated carbocycles. The van der Waals surface area contributed by atoms with Crippen molar-refractivity contribution in [3.05, 3.63) is 99.6 Å². The van der Waals surface area contributed by atoms with Crippen LogP contribution in [0.25, 0.3) is 0 Å². The Bertz CT molecular complexity index is 1340. The second kappa shape index (κ2) is 10.6. The van der Waals surface area contributed by atoms with Crippen molar-refractivity contribution in [1.29, 1.82) is 0 Å². The Morgan fingerprint density at radius 1 is 1.03 bits per heavy atom. The van der Waals surface area contributed by atoms with Gasteiger partial charge >= 0.3 is 5.97 Å². The van der Waals surface area contributed by atoms with Gasteiger partial charge in [-0.2, -0.15) is 4.39 Å². The SMILES string of the molecule is COC(=O)[C@]12CO[C@](c3ccc(Cl)c(Cc4ccc(OC)c(F)c4F)c3)(C[C@@H](OCc3ccccc3)C1)O2. The normalized spacial score (nSPS) is 24.3. The Kier molecular flexibility index (Phi) is 7.42. The van der Waals surface area contributed by atoms with Crippen LogP contribution in [0.2, 0.25) is 5.02 Å². The minimum absolute atomic E-state index is 0.0127. The molecule has 3 aromatic carbocycles. The van der Waals surface area contributed by atoms with Crippen molar-refractivity contribution in [1.82, 2.24) is 0 Å². The number of hydrogen-bond acceptors (Lipinski definition) is 6. The Hall–Kier alpha value is -3.04. The minimum Gasteiger partial charge on any atom is -0.494 e. The topological polar surface area (TPSA) is 63.2 Å². The summed E-state index contributed by atoms with van der Waals surface area (Å²) in [5, 5.41) is 0.366. The molecule has 0 radical (unpaired) electrons. The van der Waals surface area contributed by atoms with E-state index in [0.717, 1.165) is 5.56 Å². The number of hydrogen-bond donors (Lipinski definition) is 0. The van der Waals surface area contributed by atoms with Crippen molar-refractivity contribution in [3.63, 3.8) is 0 Å². The molecule has 0 spiro atoms. The first-order valence-corrected chi connectivity index (χ1v) is 12.5. The zero-order chi connectivity index (χ0) is 26.9. The van der Waals surface area contributed by atoms with Crippen molar-refractivity contribution >= 4 is 17.6 Å². The molecule has 0 aliphatic carbocycles. The van der Waals surface area contributed by atoms with Gasteiger partial charge in [0.05, 0.1) is 33.5 Å². The molecule has 2 fully saturated rings. The van der Waals surface area contributed by atoms with E-state index in [0.29, 0.717) is 29.2 Å². The molecule has 9 heteroatoms. The zero-order valence-electron chi connectivity index (χ0n) is 21.0. The maximum absolute atomic E-state index is 14.7. The highest BCUT2D eigenvalue weighted by molar-refractivity contribution is 6.31. The summed E-state index contributed by atoms with van der Waals surface area (Å²) in [6, 6.07) is 17.7. The Balaban J connectivity index is 1.45. The minimum atomic E-state index is -1.33. The molecule has 2 saturated heterocycles. The second-order valence-electron chi connectivity index (χ2n) is 9.49. The van der Waals surface area contributed by atoms with E-state index in [1.165, 1.54) is 26.4 Å². The number of rotatable bonds is 8. The molecule has 2 aliphatic rings. The van der Waals surface area contributed by atoms with Gasteiger partial charge in [0.2, 0.25) is 5.82 Å². The van der Waals surface area contributed by atoms with Gasteiger partial charge in [-0.25, -0.2) is 9.18 Å². The summed E-state index contributed by atoms with van der Waals surface area (Å²) in [5.74, 6) is -4.10. The lowest BCUT2D eigenvalue weighted by atomic mass is 9.87. The van der Waals surface area contributed by atoms with Crippen molar-refractivity contribution in [2.75, 3.05) is 20.8 Å². The molecule has 200 valence electrons. The summed E-state index contributed by atoms with van der Waals surface area (Å²) in [5.41, 5.74) is 0.905. The van der Waals surface area contributed by atoms with E-state index >= 15 is 0 Å². The van der Waals surface area contributed by atoms with Gasteiger partial charge in [-0.05, 0) is 34.9 Å². The fraction of sp³-hybridized carbons (Fsp3) is 0.345. The lowest BCUT2D eigenvalue weighted by Gasteiger charge is -2.40. The second-order valence-corrected chi connectivity index (χ2v) is 9.90. The van der Waals surface area contributed by atoms with E-state index in [1.807, 2.05) is 30.3 Å². The smallest absolute Gasteiger partial charge is 0.340 e. The third-order valence-corrected chi connectivity index (χ3v) is 7.42. The van der Waals surface area contributed by atoms with Crippen molar-refractivity contribution in [2.45, 2.75) is 43.4 Å². The average Bonchev–Trinajstić information content (AvgIpc) is 3.23. The quantitative estimate of drug-likeness (QED) is 0.339. The third-order valence-electron chi connectivity index (χ3n) is 7.05. The fourth-order valence-electron chi connectivity index (χ4n) is 5.10. The highest BCUT2D eigenvalue weighted by Gasteiger charge is 2.62. The summed E-state index contributed by atoms with van der Waals surface area (Å²) < 4.78 is 57.7. The summed E-state index contributed by atoms with van der Waals surface area (Å²) in [6.45, 7) is 0.341. The van der Waals surface area contributed by atoms with Crippen LogP contribution < -0.4 is 4.74 Å². The van der Waals surface area contributed by atoms with Crippen LogP contribution in [0, 0.1) is 11.6 Å². The van der Waals surface area contributed by atoms with Crippen LogP contribution in [0.4, 0.5) is 8.78 Å². The van der Waals surface area contributed by atoms with E-state index in [1.54, 1.807) is 18.2 Å². The van der Waals surface area contributed by atoms with E-state index < -0.39 is 29.0 Å². The molecule has 2 bridgehead atoms. The van der Waals surface area contributed by atoms with E-state index in [2.05, 4.69) is 0 Å². The van der Waals surface area contributed by atoms with E-state index in [9.17, 15) is 13.6 Å². The zero-order valence-corrected chi connectivity index (χ0v) is 21.7. The molecule has 0 unspecified atom stereocenters. The number of methoxy groups -OCH3 is 2. The summed E-state index contributed by atoms with van der Waals surface area (Å²) in [6.07, 6.45) is 0.222. The molecule has 6 nitrogen and oxygen atoms in total. The Labute approximate surface area is 224 Å². The van der Waals surface area contributed by atoms with Gasteiger partial charge < -0.3 is 23.7 Å². The van der Waals surface area contributed by atoms with Gasteiger partial charge in [-0.15, -0.1) is 0 Å².